The maximum Gasteiger partial charge on any atom is 0.238 e. The van der Waals surface area contributed by atoms with Crippen LogP contribution in [0.5, 0.6) is 0 Å². The number of nitrogens with zero attached hydrogens (tertiary/aromatic N) is 1. The first-order chi connectivity index (χ1) is 10.8. The monoisotopic (exact) mass is 344 g/mol. The molecule has 23 heavy (non-hydrogen) atoms. The second-order valence-corrected chi connectivity index (χ2v) is 8.61. The van der Waals surface area contributed by atoms with Gasteiger partial charge in [0, 0.05) is 6.54 Å². The Kier molecular flexibility index (Phi) is 7.28. The number of sulfone groups is 1. The Hall–Kier alpha value is -1.34. The van der Waals surface area contributed by atoms with E-state index in [9.17, 15) is 13.2 Å². The average Bonchev–Trinajstić information content (AvgIpc) is 3.04. The summed E-state index contributed by atoms with van der Waals surface area (Å²) in [5.74, 6) is 0.288. The number of likely N-dealkylation sites (N-methyl/N-ethyl adjacent to an activating group) is 1. The third kappa shape index (κ3) is 4.81. The van der Waals surface area contributed by atoms with Gasteiger partial charge in [0.25, 0.3) is 0 Å². The first-order valence-electron chi connectivity index (χ1n) is 8.03. The minimum atomic E-state index is -3.46. The summed E-state index contributed by atoms with van der Waals surface area (Å²) in [6.45, 7) is 10.6. The first kappa shape index (κ1) is 19.7. The van der Waals surface area contributed by atoms with Gasteiger partial charge in [0.1, 0.15) is 11.0 Å². The molecule has 0 spiro atoms. The number of amides is 1. The number of hydrogen-bond donors (Lipinski definition) is 1. The van der Waals surface area contributed by atoms with Crippen molar-refractivity contribution in [2.75, 3.05) is 19.6 Å². The van der Waals surface area contributed by atoms with Gasteiger partial charge in [-0.15, -0.1) is 0 Å². The molecule has 1 amide bonds. The Morgan fingerprint density at radius 3 is 2.30 bits per heavy atom. The molecular weight excluding hydrogens is 316 g/mol. The zero-order chi connectivity index (χ0) is 17.6. The minimum Gasteiger partial charge on any atom is -0.468 e. The van der Waals surface area contributed by atoms with E-state index in [1.807, 2.05) is 19.9 Å². The molecule has 132 valence electrons. The van der Waals surface area contributed by atoms with E-state index in [0.29, 0.717) is 6.54 Å². The van der Waals surface area contributed by atoms with Crippen molar-refractivity contribution in [3.05, 3.63) is 24.2 Å². The van der Waals surface area contributed by atoms with Gasteiger partial charge in [-0.05, 0) is 46.0 Å². The summed E-state index contributed by atoms with van der Waals surface area (Å²) in [6, 6.07) is 3.56. The SMILES string of the molecule is CCN(CC)[C@H](CNC(=O)[C@@H](C)S(=O)(=O)C(C)C)c1ccco1. The molecule has 0 fully saturated rings. The molecule has 0 aliphatic heterocycles. The van der Waals surface area contributed by atoms with E-state index in [2.05, 4.69) is 10.2 Å². The zero-order valence-corrected chi connectivity index (χ0v) is 15.4. The average molecular weight is 344 g/mol. The molecule has 7 heteroatoms. The third-order valence-electron chi connectivity index (χ3n) is 4.11. The van der Waals surface area contributed by atoms with E-state index in [1.54, 1.807) is 26.2 Å². The van der Waals surface area contributed by atoms with Crippen molar-refractivity contribution in [3.63, 3.8) is 0 Å². The van der Waals surface area contributed by atoms with Gasteiger partial charge < -0.3 is 9.73 Å². The standard InChI is InChI=1S/C16H28N2O4S/c1-6-18(7-2)14(15-9-8-10-22-15)11-17-16(19)13(5)23(20,21)12(3)4/h8-10,12-14H,6-7,11H2,1-5H3,(H,17,19)/t13-,14-/m1/s1. The topological polar surface area (TPSA) is 79.6 Å². The van der Waals surface area contributed by atoms with Gasteiger partial charge in [0.15, 0.2) is 9.84 Å². The molecule has 0 aliphatic carbocycles. The number of furan rings is 1. The number of nitrogens with one attached hydrogen (secondary N) is 1. The van der Waals surface area contributed by atoms with E-state index in [0.717, 1.165) is 18.8 Å². The molecule has 0 aliphatic rings. The van der Waals surface area contributed by atoms with Crippen LogP contribution in [-0.2, 0) is 14.6 Å². The van der Waals surface area contributed by atoms with Crippen LogP contribution in [0, 0.1) is 0 Å². The summed E-state index contributed by atoms with van der Waals surface area (Å²) in [7, 11) is -3.46. The molecule has 1 rings (SSSR count). The minimum absolute atomic E-state index is 0.113. The molecule has 1 aromatic heterocycles. The van der Waals surface area contributed by atoms with Crippen LogP contribution in [0.15, 0.2) is 22.8 Å². The first-order valence-corrected chi connectivity index (χ1v) is 9.64. The van der Waals surface area contributed by atoms with Crippen LogP contribution in [0.3, 0.4) is 0 Å². The summed E-state index contributed by atoms with van der Waals surface area (Å²) in [5.41, 5.74) is 0. The predicted molar refractivity (Wildman–Crippen MR) is 90.9 cm³/mol. The van der Waals surface area contributed by atoms with Crippen molar-refractivity contribution in [1.82, 2.24) is 10.2 Å². The Bertz CT molecular complexity index is 577. The van der Waals surface area contributed by atoms with Crippen LogP contribution in [0.25, 0.3) is 0 Å². The molecule has 1 N–H and O–H groups in total. The van der Waals surface area contributed by atoms with E-state index >= 15 is 0 Å². The Labute approximate surface area is 139 Å². The summed E-state index contributed by atoms with van der Waals surface area (Å²) >= 11 is 0. The molecule has 0 unspecified atom stereocenters. The second kappa shape index (κ2) is 8.49. The maximum absolute atomic E-state index is 12.2. The van der Waals surface area contributed by atoms with Gasteiger partial charge in [-0.25, -0.2) is 8.42 Å². The van der Waals surface area contributed by atoms with E-state index < -0.39 is 26.2 Å². The van der Waals surface area contributed by atoms with Crippen molar-refractivity contribution in [3.8, 4) is 0 Å². The smallest absolute Gasteiger partial charge is 0.238 e. The Morgan fingerprint density at radius 2 is 1.87 bits per heavy atom. The van der Waals surface area contributed by atoms with Crippen LogP contribution in [0.4, 0.5) is 0 Å². The van der Waals surface area contributed by atoms with Gasteiger partial charge in [-0.3, -0.25) is 9.69 Å². The van der Waals surface area contributed by atoms with E-state index in [4.69, 9.17) is 4.42 Å². The number of carbonyl (C=O) groups is 1. The number of carbonyl (C=O) groups excluding carboxylic acids is 1. The maximum atomic E-state index is 12.2. The van der Waals surface area contributed by atoms with Crippen molar-refractivity contribution in [2.45, 2.75) is 51.2 Å². The van der Waals surface area contributed by atoms with Gasteiger partial charge >= 0.3 is 0 Å². The van der Waals surface area contributed by atoms with Crippen molar-refractivity contribution in [1.29, 1.82) is 0 Å². The number of rotatable bonds is 9. The lowest BCUT2D eigenvalue weighted by Gasteiger charge is -2.28. The van der Waals surface area contributed by atoms with Gasteiger partial charge in [-0.2, -0.15) is 0 Å². The van der Waals surface area contributed by atoms with Crippen molar-refractivity contribution in [2.24, 2.45) is 0 Å². The Morgan fingerprint density at radius 1 is 1.26 bits per heavy atom. The van der Waals surface area contributed by atoms with Crippen LogP contribution >= 0.6 is 0 Å². The highest BCUT2D eigenvalue weighted by Crippen LogP contribution is 2.20. The molecule has 0 saturated heterocycles. The fourth-order valence-electron chi connectivity index (χ4n) is 2.45. The highest BCUT2D eigenvalue weighted by Gasteiger charge is 2.31. The molecule has 0 saturated carbocycles. The third-order valence-corrected chi connectivity index (χ3v) is 6.63. The number of hydrogen-bond acceptors (Lipinski definition) is 5. The van der Waals surface area contributed by atoms with Crippen LogP contribution < -0.4 is 5.32 Å². The zero-order valence-electron chi connectivity index (χ0n) is 14.6. The lowest BCUT2D eigenvalue weighted by Crippen LogP contribution is -2.44. The highest BCUT2D eigenvalue weighted by molar-refractivity contribution is 7.93. The van der Waals surface area contributed by atoms with Crippen LogP contribution in [0.1, 0.15) is 46.4 Å². The summed E-state index contributed by atoms with van der Waals surface area (Å²) in [5, 5.41) is 1.13. The summed E-state index contributed by atoms with van der Waals surface area (Å²) in [6.07, 6.45) is 1.60. The molecular formula is C16H28N2O4S. The van der Waals surface area contributed by atoms with Crippen molar-refractivity contribution < 1.29 is 17.6 Å². The van der Waals surface area contributed by atoms with Gasteiger partial charge in [0.05, 0.1) is 17.6 Å². The highest BCUT2D eigenvalue weighted by atomic mass is 32.2. The van der Waals surface area contributed by atoms with E-state index in [1.165, 1.54) is 6.92 Å². The lowest BCUT2D eigenvalue weighted by atomic mass is 10.2. The van der Waals surface area contributed by atoms with Crippen LogP contribution in [-0.4, -0.2) is 49.4 Å². The van der Waals surface area contributed by atoms with E-state index in [-0.39, 0.29) is 6.04 Å². The lowest BCUT2D eigenvalue weighted by molar-refractivity contribution is -0.120. The predicted octanol–water partition coefficient (Wildman–Crippen LogP) is 1.99. The Balaban J connectivity index is 2.81. The van der Waals surface area contributed by atoms with Gasteiger partial charge in [-0.1, -0.05) is 13.8 Å². The molecule has 1 heterocycles. The second-order valence-electron chi connectivity index (χ2n) is 5.78. The molecule has 0 radical (unpaired) electrons. The fraction of sp³-hybridized carbons (Fsp3) is 0.688. The summed E-state index contributed by atoms with van der Waals surface area (Å²) < 4.78 is 29.7. The molecule has 1 aromatic rings. The van der Waals surface area contributed by atoms with Crippen LogP contribution in [0.2, 0.25) is 0 Å². The normalized spacial score (nSPS) is 14.9. The quantitative estimate of drug-likeness (QED) is 0.741. The molecule has 6 nitrogen and oxygen atoms in total. The molecule has 2 atom stereocenters. The van der Waals surface area contributed by atoms with Crippen molar-refractivity contribution >= 4 is 15.7 Å². The largest absolute Gasteiger partial charge is 0.468 e. The fourth-order valence-corrected chi connectivity index (χ4v) is 3.65. The summed E-state index contributed by atoms with van der Waals surface area (Å²) in [4.78, 5) is 14.4. The molecule has 0 bridgehead atoms. The van der Waals surface area contributed by atoms with Gasteiger partial charge in [0.2, 0.25) is 5.91 Å². The molecule has 0 aromatic carbocycles.